The van der Waals surface area contributed by atoms with Crippen LogP contribution in [0.5, 0.6) is 0 Å². The van der Waals surface area contributed by atoms with Crippen LogP contribution < -0.4 is 5.32 Å². The molecule has 0 aliphatic heterocycles. The van der Waals surface area contributed by atoms with E-state index in [0.717, 1.165) is 0 Å². The fourth-order valence-corrected chi connectivity index (χ4v) is 1.60. The molecule has 0 aromatic heterocycles. The first-order chi connectivity index (χ1) is 8.02. The average Bonchev–Trinajstić information content (AvgIpc) is 2.30. The first-order valence-electron chi connectivity index (χ1n) is 5.30. The van der Waals surface area contributed by atoms with E-state index in [1.54, 1.807) is 13.2 Å². The Hall–Kier alpha value is -0.940. The molecule has 0 fully saturated rings. The van der Waals surface area contributed by atoms with Crippen LogP contribution in [0.1, 0.15) is 19.8 Å². The number of anilines is 1. The Morgan fingerprint density at radius 3 is 2.94 bits per heavy atom. The highest BCUT2D eigenvalue weighted by molar-refractivity contribution is 9.10. The van der Waals surface area contributed by atoms with E-state index >= 15 is 0 Å². The van der Waals surface area contributed by atoms with Gasteiger partial charge in [0.05, 0.1) is 11.8 Å². The Labute approximate surface area is 108 Å². The van der Waals surface area contributed by atoms with E-state index in [1.165, 1.54) is 12.1 Å². The number of nitrogens with one attached hydrogen (secondary N) is 1. The fraction of sp³-hybridized carbons (Fsp3) is 0.417. The minimum Gasteiger partial charge on any atom is -0.382 e. The van der Waals surface area contributed by atoms with Gasteiger partial charge in [-0.25, -0.2) is 4.39 Å². The summed E-state index contributed by atoms with van der Waals surface area (Å²) in [6.07, 6.45) is 1.02. The highest BCUT2D eigenvalue weighted by atomic mass is 79.9. The Kier molecular flexibility index (Phi) is 5.58. The molecular weight excluding hydrogens is 289 g/mol. The largest absolute Gasteiger partial charge is 0.382 e. The molecule has 1 aromatic rings. The maximum absolute atomic E-state index is 13.0. The Bertz CT molecular complexity index is 398. The van der Waals surface area contributed by atoms with E-state index in [4.69, 9.17) is 4.74 Å². The molecule has 5 heteroatoms. The molecule has 0 heterocycles. The molecule has 0 bridgehead atoms. The summed E-state index contributed by atoms with van der Waals surface area (Å²) in [7, 11) is 1.60. The summed E-state index contributed by atoms with van der Waals surface area (Å²) in [5.41, 5.74) is 0.445. The zero-order valence-corrected chi connectivity index (χ0v) is 11.4. The van der Waals surface area contributed by atoms with Crippen LogP contribution >= 0.6 is 15.9 Å². The van der Waals surface area contributed by atoms with Crippen molar-refractivity contribution in [1.29, 1.82) is 0 Å². The first kappa shape index (κ1) is 14.1. The van der Waals surface area contributed by atoms with Crippen LogP contribution in [0.4, 0.5) is 10.1 Å². The van der Waals surface area contributed by atoms with Crippen LogP contribution in [0.15, 0.2) is 22.7 Å². The van der Waals surface area contributed by atoms with Crippen LogP contribution in [0.2, 0.25) is 0 Å². The molecule has 0 saturated carbocycles. The standard InChI is InChI=1S/C12H15BrFNO2/c1-8(17-2)3-6-12(16)15-11-7-9(14)4-5-10(11)13/h4-5,7-8H,3,6H2,1-2H3,(H,15,16). The fourth-order valence-electron chi connectivity index (χ4n) is 1.26. The summed E-state index contributed by atoms with van der Waals surface area (Å²) in [6, 6.07) is 4.16. The van der Waals surface area contributed by atoms with Gasteiger partial charge in [-0.15, -0.1) is 0 Å². The van der Waals surface area contributed by atoms with Crippen molar-refractivity contribution in [2.24, 2.45) is 0 Å². The van der Waals surface area contributed by atoms with Crippen LogP contribution in [-0.2, 0) is 9.53 Å². The molecule has 1 N–H and O–H groups in total. The summed E-state index contributed by atoms with van der Waals surface area (Å²) in [5.74, 6) is -0.533. The number of carbonyl (C=O) groups is 1. The molecule has 0 saturated heterocycles. The van der Waals surface area contributed by atoms with Crippen LogP contribution in [-0.4, -0.2) is 19.1 Å². The summed E-state index contributed by atoms with van der Waals surface area (Å²) in [6.45, 7) is 1.89. The zero-order chi connectivity index (χ0) is 12.8. The number of ether oxygens (including phenoxy) is 1. The van der Waals surface area contributed by atoms with Gasteiger partial charge in [-0.1, -0.05) is 0 Å². The number of benzene rings is 1. The van der Waals surface area contributed by atoms with Gasteiger partial charge in [0.15, 0.2) is 0 Å². The van der Waals surface area contributed by atoms with E-state index in [-0.39, 0.29) is 17.8 Å². The molecule has 94 valence electrons. The third-order valence-corrected chi connectivity index (χ3v) is 3.07. The Morgan fingerprint density at radius 1 is 1.59 bits per heavy atom. The number of methoxy groups -OCH3 is 1. The van der Waals surface area contributed by atoms with Gasteiger partial charge in [0.1, 0.15) is 5.82 Å². The second kappa shape index (κ2) is 6.71. The van der Waals surface area contributed by atoms with Crippen LogP contribution in [0.25, 0.3) is 0 Å². The maximum atomic E-state index is 13.0. The lowest BCUT2D eigenvalue weighted by Crippen LogP contribution is -2.15. The van der Waals surface area contributed by atoms with Gasteiger partial charge in [0, 0.05) is 18.0 Å². The van der Waals surface area contributed by atoms with Crippen molar-refractivity contribution in [3.05, 3.63) is 28.5 Å². The number of hydrogen-bond acceptors (Lipinski definition) is 2. The lowest BCUT2D eigenvalue weighted by Gasteiger charge is -2.10. The topological polar surface area (TPSA) is 38.3 Å². The number of halogens is 2. The predicted molar refractivity (Wildman–Crippen MR) is 68.4 cm³/mol. The van der Waals surface area contributed by atoms with Crippen LogP contribution in [0.3, 0.4) is 0 Å². The molecule has 0 spiro atoms. The quantitative estimate of drug-likeness (QED) is 0.906. The second-order valence-corrected chi connectivity index (χ2v) is 4.61. The molecule has 0 radical (unpaired) electrons. The number of carbonyl (C=O) groups excluding carboxylic acids is 1. The van der Waals surface area contributed by atoms with Crippen molar-refractivity contribution < 1.29 is 13.9 Å². The van der Waals surface area contributed by atoms with Gasteiger partial charge >= 0.3 is 0 Å². The molecular formula is C12H15BrFNO2. The number of hydrogen-bond donors (Lipinski definition) is 1. The van der Waals surface area contributed by atoms with Crippen molar-refractivity contribution in [3.8, 4) is 0 Å². The van der Waals surface area contributed by atoms with E-state index in [2.05, 4.69) is 21.2 Å². The van der Waals surface area contributed by atoms with Crippen molar-refractivity contribution in [3.63, 3.8) is 0 Å². The summed E-state index contributed by atoms with van der Waals surface area (Å²) < 4.78 is 18.7. The molecule has 0 aliphatic carbocycles. The zero-order valence-electron chi connectivity index (χ0n) is 9.80. The first-order valence-corrected chi connectivity index (χ1v) is 6.10. The normalized spacial score (nSPS) is 12.2. The highest BCUT2D eigenvalue weighted by Gasteiger charge is 2.08. The Balaban J connectivity index is 2.53. The lowest BCUT2D eigenvalue weighted by atomic mass is 10.2. The predicted octanol–water partition coefficient (Wildman–Crippen LogP) is 3.34. The molecule has 17 heavy (non-hydrogen) atoms. The summed E-state index contributed by atoms with van der Waals surface area (Å²) in [5, 5.41) is 2.65. The summed E-state index contributed by atoms with van der Waals surface area (Å²) >= 11 is 3.25. The maximum Gasteiger partial charge on any atom is 0.224 e. The van der Waals surface area contributed by atoms with Crippen molar-refractivity contribution in [1.82, 2.24) is 0 Å². The SMILES string of the molecule is COC(C)CCC(=O)Nc1cc(F)ccc1Br. The van der Waals surface area contributed by atoms with Crippen molar-refractivity contribution in [2.75, 3.05) is 12.4 Å². The van der Waals surface area contributed by atoms with Gasteiger partial charge in [0.2, 0.25) is 5.91 Å². The highest BCUT2D eigenvalue weighted by Crippen LogP contribution is 2.23. The third-order valence-electron chi connectivity index (χ3n) is 2.38. The molecule has 1 aromatic carbocycles. The second-order valence-electron chi connectivity index (χ2n) is 3.76. The number of amides is 1. The van der Waals surface area contributed by atoms with Gasteiger partial charge in [-0.3, -0.25) is 4.79 Å². The molecule has 1 amide bonds. The van der Waals surface area contributed by atoms with Gasteiger partial charge in [0.25, 0.3) is 0 Å². The van der Waals surface area contributed by atoms with E-state index in [1.807, 2.05) is 6.92 Å². The molecule has 1 unspecified atom stereocenters. The smallest absolute Gasteiger partial charge is 0.224 e. The van der Waals surface area contributed by atoms with Gasteiger partial charge < -0.3 is 10.1 Å². The molecule has 1 rings (SSSR count). The van der Waals surface area contributed by atoms with Crippen molar-refractivity contribution in [2.45, 2.75) is 25.9 Å². The minimum absolute atomic E-state index is 0.0386. The molecule has 0 aliphatic rings. The lowest BCUT2D eigenvalue weighted by molar-refractivity contribution is -0.116. The Morgan fingerprint density at radius 2 is 2.29 bits per heavy atom. The monoisotopic (exact) mass is 303 g/mol. The van der Waals surface area contributed by atoms with E-state index < -0.39 is 0 Å². The van der Waals surface area contributed by atoms with Gasteiger partial charge in [-0.05, 0) is 47.5 Å². The third kappa shape index (κ3) is 4.83. The summed E-state index contributed by atoms with van der Waals surface area (Å²) in [4.78, 5) is 11.6. The van der Waals surface area contributed by atoms with Crippen molar-refractivity contribution >= 4 is 27.5 Å². The minimum atomic E-state index is -0.381. The van der Waals surface area contributed by atoms with Crippen LogP contribution in [0, 0.1) is 5.82 Å². The van der Waals surface area contributed by atoms with Gasteiger partial charge in [-0.2, -0.15) is 0 Å². The van der Waals surface area contributed by atoms with E-state index in [0.29, 0.717) is 23.0 Å². The van der Waals surface area contributed by atoms with E-state index in [9.17, 15) is 9.18 Å². The average molecular weight is 304 g/mol. The molecule has 1 atom stereocenters. The number of rotatable bonds is 5. The molecule has 3 nitrogen and oxygen atoms in total.